The van der Waals surface area contributed by atoms with Crippen molar-refractivity contribution in [1.82, 2.24) is 10.2 Å². The summed E-state index contributed by atoms with van der Waals surface area (Å²) in [5.74, 6) is 0.364. The lowest BCUT2D eigenvalue weighted by Crippen LogP contribution is -2.37. The Bertz CT molecular complexity index is 346. The number of likely N-dealkylation sites (tertiary alicyclic amines) is 1. The third-order valence-corrected chi connectivity index (χ3v) is 3.61. The molecule has 0 saturated carbocycles. The van der Waals surface area contributed by atoms with Crippen LogP contribution in [-0.2, 0) is 0 Å². The van der Waals surface area contributed by atoms with Gasteiger partial charge in [-0.25, -0.2) is 4.39 Å². The standard InChI is InChI=1S/C14H21FN2/c1-16-8-11-17-9-6-12(7-10-17)13-4-2-3-5-14(13)15/h2-5,12,16H,6-11H2,1H3. The molecule has 0 amide bonds. The number of rotatable bonds is 4. The summed E-state index contributed by atoms with van der Waals surface area (Å²) in [5, 5.41) is 3.17. The molecular formula is C14H21FN2. The topological polar surface area (TPSA) is 15.3 Å². The maximum absolute atomic E-state index is 13.7. The average molecular weight is 236 g/mol. The molecule has 17 heavy (non-hydrogen) atoms. The van der Waals surface area contributed by atoms with Gasteiger partial charge in [0.1, 0.15) is 5.82 Å². The molecule has 2 nitrogen and oxygen atoms in total. The van der Waals surface area contributed by atoms with Gasteiger partial charge in [-0.3, -0.25) is 0 Å². The van der Waals surface area contributed by atoms with Gasteiger partial charge in [-0.05, 0) is 50.5 Å². The molecule has 0 unspecified atom stereocenters. The highest BCUT2D eigenvalue weighted by molar-refractivity contribution is 5.22. The molecular weight excluding hydrogens is 215 g/mol. The van der Waals surface area contributed by atoms with E-state index in [9.17, 15) is 4.39 Å². The summed E-state index contributed by atoms with van der Waals surface area (Å²) in [6, 6.07) is 7.21. The van der Waals surface area contributed by atoms with Gasteiger partial charge >= 0.3 is 0 Å². The molecule has 0 aromatic heterocycles. The first-order chi connectivity index (χ1) is 8.31. The van der Waals surface area contributed by atoms with E-state index in [0.29, 0.717) is 5.92 Å². The molecule has 1 fully saturated rings. The summed E-state index contributed by atoms with van der Waals surface area (Å²) in [5.41, 5.74) is 0.903. The lowest BCUT2D eigenvalue weighted by atomic mass is 9.89. The first-order valence-electron chi connectivity index (χ1n) is 6.42. The predicted molar refractivity (Wildman–Crippen MR) is 68.7 cm³/mol. The summed E-state index contributed by atoms with van der Waals surface area (Å²) < 4.78 is 13.7. The zero-order valence-corrected chi connectivity index (χ0v) is 10.5. The van der Waals surface area contributed by atoms with Crippen LogP contribution in [0, 0.1) is 5.82 Å². The Balaban J connectivity index is 1.89. The molecule has 2 rings (SSSR count). The molecule has 1 N–H and O–H groups in total. The lowest BCUT2D eigenvalue weighted by Gasteiger charge is -2.32. The third kappa shape index (κ3) is 3.27. The van der Waals surface area contributed by atoms with Crippen molar-refractivity contribution in [2.75, 3.05) is 33.2 Å². The van der Waals surface area contributed by atoms with Crippen LogP contribution in [0.1, 0.15) is 24.3 Å². The molecule has 0 bridgehead atoms. The van der Waals surface area contributed by atoms with E-state index in [0.717, 1.165) is 44.6 Å². The van der Waals surface area contributed by atoms with Gasteiger partial charge < -0.3 is 10.2 Å². The Hall–Kier alpha value is -0.930. The van der Waals surface area contributed by atoms with Crippen molar-refractivity contribution in [3.05, 3.63) is 35.6 Å². The van der Waals surface area contributed by atoms with Crippen LogP contribution in [0.4, 0.5) is 4.39 Å². The van der Waals surface area contributed by atoms with E-state index in [1.54, 1.807) is 12.1 Å². The monoisotopic (exact) mass is 236 g/mol. The number of benzene rings is 1. The first-order valence-corrected chi connectivity index (χ1v) is 6.42. The van der Waals surface area contributed by atoms with E-state index in [4.69, 9.17) is 0 Å². The van der Waals surface area contributed by atoms with Gasteiger partial charge in [0.25, 0.3) is 0 Å². The largest absolute Gasteiger partial charge is 0.318 e. The van der Waals surface area contributed by atoms with Crippen molar-refractivity contribution in [3.63, 3.8) is 0 Å². The number of piperidine rings is 1. The van der Waals surface area contributed by atoms with Gasteiger partial charge in [-0.15, -0.1) is 0 Å². The molecule has 1 heterocycles. The normalized spacial score (nSPS) is 18.5. The van der Waals surface area contributed by atoms with Crippen LogP contribution in [0.15, 0.2) is 24.3 Å². The molecule has 0 radical (unpaired) electrons. The minimum Gasteiger partial charge on any atom is -0.318 e. The Labute approximate surface area is 103 Å². The van der Waals surface area contributed by atoms with Crippen LogP contribution in [0.25, 0.3) is 0 Å². The molecule has 0 spiro atoms. The number of hydrogen-bond acceptors (Lipinski definition) is 2. The molecule has 1 aliphatic rings. The minimum absolute atomic E-state index is 0.0406. The van der Waals surface area contributed by atoms with Crippen LogP contribution in [0.2, 0.25) is 0 Å². The minimum atomic E-state index is -0.0406. The van der Waals surface area contributed by atoms with E-state index < -0.39 is 0 Å². The van der Waals surface area contributed by atoms with Gasteiger partial charge in [0.15, 0.2) is 0 Å². The number of nitrogens with one attached hydrogen (secondary N) is 1. The van der Waals surface area contributed by atoms with Crippen molar-refractivity contribution < 1.29 is 4.39 Å². The van der Waals surface area contributed by atoms with Gasteiger partial charge in [0, 0.05) is 13.1 Å². The third-order valence-electron chi connectivity index (χ3n) is 3.61. The maximum atomic E-state index is 13.7. The Kier molecular flexibility index (Phi) is 4.51. The van der Waals surface area contributed by atoms with Crippen molar-refractivity contribution in [1.29, 1.82) is 0 Å². The van der Waals surface area contributed by atoms with Gasteiger partial charge in [-0.2, -0.15) is 0 Å². The second kappa shape index (κ2) is 6.12. The van der Waals surface area contributed by atoms with Crippen molar-refractivity contribution in [3.8, 4) is 0 Å². The fourth-order valence-corrected chi connectivity index (χ4v) is 2.54. The van der Waals surface area contributed by atoms with Crippen LogP contribution in [-0.4, -0.2) is 38.1 Å². The molecule has 94 valence electrons. The Morgan fingerprint density at radius 3 is 2.65 bits per heavy atom. The fourth-order valence-electron chi connectivity index (χ4n) is 2.54. The summed E-state index contributed by atoms with van der Waals surface area (Å²) in [7, 11) is 1.98. The van der Waals surface area contributed by atoms with Crippen LogP contribution < -0.4 is 5.32 Å². The smallest absolute Gasteiger partial charge is 0.126 e. The zero-order valence-electron chi connectivity index (χ0n) is 10.5. The van der Waals surface area contributed by atoms with Crippen LogP contribution in [0.5, 0.6) is 0 Å². The number of nitrogens with zero attached hydrogens (tertiary/aromatic N) is 1. The lowest BCUT2D eigenvalue weighted by molar-refractivity contribution is 0.212. The zero-order chi connectivity index (χ0) is 12.1. The number of likely N-dealkylation sites (N-methyl/N-ethyl adjacent to an activating group) is 1. The molecule has 1 saturated heterocycles. The van der Waals surface area contributed by atoms with Crippen LogP contribution >= 0.6 is 0 Å². The number of hydrogen-bond donors (Lipinski definition) is 1. The van der Waals surface area contributed by atoms with Crippen LogP contribution in [0.3, 0.4) is 0 Å². The number of halogens is 1. The highest BCUT2D eigenvalue weighted by atomic mass is 19.1. The molecule has 1 aliphatic heterocycles. The summed E-state index contributed by atoms with van der Waals surface area (Å²) >= 11 is 0. The summed E-state index contributed by atoms with van der Waals surface area (Å²) in [6.07, 6.45) is 2.15. The predicted octanol–water partition coefficient (Wildman–Crippen LogP) is 2.22. The average Bonchev–Trinajstić information content (AvgIpc) is 2.38. The van der Waals surface area contributed by atoms with E-state index >= 15 is 0 Å². The summed E-state index contributed by atoms with van der Waals surface area (Å²) in [4.78, 5) is 2.45. The Morgan fingerprint density at radius 1 is 1.29 bits per heavy atom. The quantitative estimate of drug-likeness (QED) is 0.862. The van der Waals surface area contributed by atoms with Crippen molar-refractivity contribution in [2.24, 2.45) is 0 Å². The molecule has 3 heteroatoms. The van der Waals surface area contributed by atoms with Crippen molar-refractivity contribution >= 4 is 0 Å². The van der Waals surface area contributed by atoms with Gasteiger partial charge in [0.05, 0.1) is 0 Å². The Morgan fingerprint density at radius 2 is 2.00 bits per heavy atom. The van der Waals surface area contributed by atoms with Gasteiger partial charge in [-0.1, -0.05) is 18.2 Å². The first kappa shape index (κ1) is 12.5. The van der Waals surface area contributed by atoms with E-state index in [2.05, 4.69) is 10.2 Å². The summed E-state index contributed by atoms with van der Waals surface area (Å²) in [6.45, 7) is 4.30. The highest BCUT2D eigenvalue weighted by Crippen LogP contribution is 2.29. The van der Waals surface area contributed by atoms with Gasteiger partial charge in [0.2, 0.25) is 0 Å². The van der Waals surface area contributed by atoms with E-state index in [1.807, 2.05) is 19.2 Å². The molecule has 1 aromatic carbocycles. The second-order valence-electron chi connectivity index (χ2n) is 4.74. The SMILES string of the molecule is CNCCN1CCC(c2ccccc2F)CC1. The fraction of sp³-hybridized carbons (Fsp3) is 0.571. The van der Waals surface area contributed by atoms with E-state index in [1.165, 1.54) is 0 Å². The highest BCUT2D eigenvalue weighted by Gasteiger charge is 2.21. The molecule has 1 aromatic rings. The molecule has 0 aliphatic carbocycles. The maximum Gasteiger partial charge on any atom is 0.126 e. The molecule has 0 atom stereocenters. The second-order valence-corrected chi connectivity index (χ2v) is 4.74. The van der Waals surface area contributed by atoms with Crippen molar-refractivity contribution in [2.45, 2.75) is 18.8 Å². The van der Waals surface area contributed by atoms with E-state index in [-0.39, 0.29) is 5.82 Å².